The van der Waals surface area contributed by atoms with Crippen molar-refractivity contribution in [2.75, 3.05) is 58.9 Å². The Hall–Kier alpha value is -0.200. The molecular formula is C27H58N2O3. The molecule has 0 aromatic carbocycles. The first-order valence-electron chi connectivity index (χ1n) is 17.2. The predicted octanol–water partition coefficient (Wildman–Crippen LogP) is 5.22. The van der Waals surface area contributed by atoms with Gasteiger partial charge in [0.1, 0.15) is 0 Å². The maximum Gasteiger partial charge on any atom is 0.0577 e. The van der Waals surface area contributed by atoms with Gasteiger partial charge in [0, 0.05) is 25.0 Å². The minimum atomic E-state index is -3.50. The standard InChI is InChI=1S/C27H58N2O3/c1-2-3-4-5-6-7-8-9-10-11-12-13-14-15-16-17-19-28(22-25-30)20-18-21-29(23-26-31)24-27-32/h30-32H,2-27H2,1H3/i23D2,24D2,26D2,27D2. The van der Waals surface area contributed by atoms with Crippen LogP contribution in [0.4, 0.5) is 0 Å². The summed E-state index contributed by atoms with van der Waals surface area (Å²) in [6.07, 6.45) is 20.5. The topological polar surface area (TPSA) is 67.2 Å². The summed E-state index contributed by atoms with van der Waals surface area (Å²) in [5.74, 6) is 0. The van der Waals surface area contributed by atoms with Crippen LogP contribution in [0.15, 0.2) is 0 Å². The molecule has 5 heteroatoms. The van der Waals surface area contributed by atoms with Gasteiger partial charge in [-0.15, -0.1) is 0 Å². The Kier molecular flexibility index (Phi) is 16.9. The Labute approximate surface area is 211 Å². The molecule has 5 nitrogen and oxygen atoms in total. The Balaban J connectivity index is 4.28. The first-order valence-corrected chi connectivity index (χ1v) is 13.2. The van der Waals surface area contributed by atoms with Crippen LogP contribution in [-0.2, 0) is 0 Å². The van der Waals surface area contributed by atoms with E-state index in [4.69, 9.17) is 11.0 Å². The van der Waals surface area contributed by atoms with E-state index in [-0.39, 0.29) is 17.9 Å². The summed E-state index contributed by atoms with van der Waals surface area (Å²) in [6.45, 7) is -10.5. The molecule has 0 unspecified atom stereocenters. The van der Waals surface area contributed by atoms with Gasteiger partial charge in [0.25, 0.3) is 0 Å². The molecule has 0 aromatic heterocycles. The molecular weight excluding hydrogens is 400 g/mol. The molecule has 0 amide bonds. The Morgan fingerprint density at radius 1 is 0.469 bits per heavy atom. The molecule has 0 fully saturated rings. The fraction of sp³-hybridized carbons (Fsp3) is 1.00. The zero-order valence-corrected chi connectivity index (χ0v) is 20.8. The summed E-state index contributed by atoms with van der Waals surface area (Å²) in [4.78, 5) is 2.15. The number of hydrogen-bond donors (Lipinski definition) is 3. The second kappa shape index (κ2) is 27.0. The highest BCUT2D eigenvalue weighted by atomic mass is 16.3. The van der Waals surface area contributed by atoms with Crippen molar-refractivity contribution < 1.29 is 26.3 Å². The van der Waals surface area contributed by atoms with Crippen LogP contribution in [-0.4, -0.2) is 84.0 Å². The van der Waals surface area contributed by atoms with E-state index in [1.54, 1.807) is 0 Å². The fourth-order valence-electron chi connectivity index (χ4n) is 4.07. The van der Waals surface area contributed by atoms with Gasteiger partial charge in [-0.2, -0.15) is 0 Å². The van der Waals surface area contributed by atoms with Crippen LogP contribution in [0.1, 0.15) is 127 Å². The molecule has 3 N–H and O–H groups in total. The summed E-state index contributed by atoms with van der Waals surface area (Å²) in [7, 11) is 0. The van der Waals surface area contributed by atoms with E-state index in [0.29, 0.717) is 19.6 Å². The summed E-state index contributed by atoms with van der Waals surface area (Å²) in [5.41, 5.74) is 0. The number of aliphatic hydroxyl groups excluding tert-OH is 1. The normalized spacial score (nSPS) is 17.3. The molecule has 0 rings (SSSR count). The van der Waals surface area contributed by atoms with E-state index in [1.807, 2.05) is 4.90 Å². The molecule has 0 saturated carbocycles. The van der Waals surface area contributed by atoms with Crippen molar-refractivity contribution >= 4 is 0 Å². The first-order chi connectivity index (χ1) is 18.6. The van der Waals surface area contributed by atoms with E-state index in [2.05, 4.69) is 6.92 Å². The summed E-state index contributed by atoms with van der Waals surface area (Å²) < 4.78 is 61.1. The van der Waals surface area contributed by atoms with Gasteiger partial charge in [-0.05, 0) is 32.5 Å². The lowest BCUT2D eigenvalue weighted by Gasteiger charge is -2.24. The van der Waals surface area contributed by atoms with E-state index < -0.39 is 32.7 Å². The van der Waals surface area contributed by atoms with Crippen LogP contribution in [0, 0.1) is 0 Å². The third-order valence-electron chi connectivity index (χ3n) is 5.97. The molecule has 0 aromatic rings. The summed E-state index contributed by atoms with van der Waals surface area (Å²) >= 11 is 0. The van der Waals surface area contributed by atoms with Crippen LogP contribution < -0.4 is 0 Å². The van der Waals surface area contributed by atoms with Gasteiger partial charge in [0.15, 0.2) is 0 Å². The molecule has 0 heterocycles. The largest absolute Gasteiger partial charge is 0.395 e. The van der Waals surface area contributed by atoms with E-state index >= 15 is 0 Å². The van der Waals surface area contributed by atoms with Gasteiger partial charge in [0.2, 0.25) is 0 Å². The first kappa shape index (κ1) is 20.0. The Bertz CT molecular complexity index is 594. The van der Waals surface area contributed by atoms with E-state index in [0.717, 1.165) is 19.3 Å². The van der Waals surface area contributed by atoms with Gasteiger partial charge < -0.3 is 20.2 Å². The highest BCUT2D eigenvalue weighted by Crippen LogP contribution is 2.14. The minimum absolute atomic E-state index is 0.0807. The van der Waals surface area contributed by atoms with Gasteiger partial charge in [-0.25, -0.2) is 0 Å². The number of unbranched alkanes of at least 4 members (excludes halogenated alkanes) is 15. The zero-order valence-electron chi connectivity index (χ0n) is 28.8. The van der Waals surface area contributed by atoms with Crippen molar-refractivity contribution in [3.63, 3.8) is 0 Å². The van der Waals surface area contributed by atoms with Crippen molar-refractivity contribution in [2.45, 2.75) is 116 Å². The van der Waals surface area contributed by atoms with Gasteiger partial charge in [-0.1, -0.05) is 103 Å². The van der Waals surface area contributed by atoms with Crippen LogP contribution >= 0.6 is 0 Å². The number of aliphatic hydroxyl groups is 3. The maximum atomic E-state index is 9.65. The molecule has 0 saturated heterocycles. The van der Waals surface area contributed by atoms with Crippen molar-refractivity contribution in [3.8, 4) is 0 Å². The highest BCUT2D eigenvalue weighted by molar-refractivity contribution is 4.62. The van der Waals surface area contributed by atoms with Crippen molar-refractivity contribution in [2.24, 2.45) is 0 Å². The second-order valence-electron chi connectivity index (χ2n) is 8.82. The second-order valence-corrected chi connectivity index (χ2v) is 8.82. The van der Waals surface area contributed by atoms with Crippen LogP contribution in [0.25, 0.3) is 0 Å². The van der Waals surface area contributed by atoms with Crippen LogP contribution in [0.5, 0.6) is 0 Å². The number of rotatable bonds is 27. The van der Waals surface area contributed by atoms with E-state index in [9.17, 15) is 15.3 Å². The smallest absolute Gasteiger partial charge is 0.0577 e. The average molecular weight is 467 g/mol. The SMILES string of the molecule is [2H]C([2H])(O)C([2H])([2H])N(CCCN(CCO)CCCCCCCCCCCCCCCCCC)C([2H])([2H])C([2H])([2H])O. The van der Waals surface area contributed by atoms with Gasteiger partial charge in [0.05, 0.1) is 25.2 Å². The third kappa shape index (κ3) is 23.0. The minimum Gasteiger partial charge on any atom is -0.395 e. The number of hydrogen-bond acceptors (Lipinski definition) is 5. The molecule has 32 heavy (non-hydrogen) atoms. The quantitative estimate of drug-likeness (QED) is 0.145. The lowest BCUT2D eigenvalue weighted by molar-refractivity contribution is 0.147. The van der Waals surface area contributed by atoms with Crippen LogP contribution in [0.2, 0.25) is 0 Å². The molecule has 0 bridgehead atoms. The lowest BCUT2D eigenvalue weighted by Crippen LogP contribution is -2.35. The van der Waals surface area contributed by atoms with Crippen molar-refractivity contribution in [1.29, 1.82) is 0 Å². The molecule has 194 valence electrons. The molecule has 0 spiro atoms. The Morgan fingerprint density at radius 3 is 1.25 bits per heavy atom. The van der Waals surface area contributed by atoms with Crippen LogP contribution in [0.3, 0.4) is 0 Å². The van der Waals surface area contributed by atoms with Crippen molar-refractivity contribution in [3.05, 3.63) is 0 Å². The molecule has 0 radical (unpaired) electrons. The maximum absolute atomic E-state index is 9.65. The number of nitrogens with zero attached hydrogens (tertiary/aromatic N) is 2. The predicted molar refractivity (Wildman–Crippen MR) is 138 cm³/mol. The average Bonchev–Trinajstić information content (AvgIpc) is 2.84. The Morgan fingerprint density at radius 2 is 0.844 bits per heavy atom. The highest BCUT2D eigenvalue weighted by Gasteiger charge is 2.07. The molecule has 0 aliphatic rings. The third-order valence-corrected chi connectivity index (χ3v) is 5.97. The fourth-order valence-corrected chi connectivity index (χ4v) is 4.07. The van der Waals surface area contributed by atoms with Crippen molar-refractivity contribution in [1.82, 2.24) is 9.80 Å². The van der Waals surface area contributed by atoms with Gasteiger partial charge >= 0.3 is 0 Å². The molecule has 0 aliphatic carbocycles. The zero-order chi connectivity index (χ0) is 30.7. The summed E-state index contributed by atoms with van der Waals surface area (Å²) in [6, 6.07) is 0. The lowest BCUT2D eigenvalue weighted by atomic mass is 10.0. The molecule has 0 aliphatic heterocycles. The summed E-state index contributed by atoms with van der Waals surface area (Å²) in [5, 5.41) is 28.7. The van der Waals surface area contributed by atoms with E-state index in [1.165, 1.54) is 83.5 Å². The monoisotopic (exact) mass is 466 g/mol. The molecule has 0 atom stereocenters. The van der Waals surface area contributed by atoms with Gasteiger partial charge in [-0.3, -0.25) is 4.90 Å².